The number of likely N-dealkylation sites (N-methyl/N-ethyl adjacent to an activating group) is 1. The number of hydrogen-bond acceptors (Lipinski definition) is 3. The second kappa shape index (κ2) is 4.80. The molecule has 3 heteroatoms. The Bertz CT molecular complexity index is 130. The molecule has 2 atom stereocenters. The van der Waals surface area contributed by atoms with E-state index in [2.05, 4.69) is 24.1 Å². The summed E-state index contributed by atoms with van der Waals surface area (Å²) in [4.78, 5) is 2.46. The van der Waals surface area contributed by atoms with Gasteiger partial charge in [-0.25, -0.2) is 0 Å². The van der Waals surface area contributed by atoms with Crippen molar-refractivity contribution in [1.29, 1.82) is 0 Å². The number of piperazine rings is 1. The Morgan fingerprint density at radius 2 is 2.33 bits per heavy atom. The maximum Gasteiger partial charge on any atom is 0.0446 e. The second-order valence-electron chi connectivity index (χ2n) is 3.55. The van der Waals surface area contributed by atoms with Gasteiger partial charge in [0.2, 0.25) is 0 Å². The molecule has 3 nitrogen and oxygen atoms in total. The summed E-state index contributed by atoms with van der Waals surface area (Å²) in [5, 5.41) is 12.2. The second-order valence-corrected chi connectivity index (χ2v) is 3.55. The Kier molecular flexibility index (Phi) is 3.98. The van der Waals surface area contributed by atoms with Gasteiger partial charge in [0, 0.05) is 31.8 Å². The average molecular weight is 172 g/mol. The SMILES string of the molecule is CCN1CC(CCO)NCC1C. The third-order valence-corrected chi connectivity index (χ3v) is 2.66. The Hall–Kier alpha value is -0.120. The number of aliphatic hydroxyl groups is 1. The van der Waals surface area contributed by atoms with Crippen LogP contribution < -0.4 is 5.32 Å². The Morgan fingerprint density at radius 3 is 2.92 bits per heavy atom. The number of nitrogens with one attached hydrogen (secondary N) is 1. The van der Waals surface area contributed by atoms with Crippen molar-refractivity contribution in [2.45, 2.75) is 32.4 Å². The van der Waals surface area contributed by atoms with Crippen LogP contribution >= 0.6 is 0 Å². The van der Waals surface area contributed by atoms with E-state index in [0.717, 1.165) is 26.1 Å². The molecule has 1 fully saturated rings. The highest BCUT2D eigenvalue weighted by Gasteiger charge is 2.22. The lowest BCUT2D eigenvalue weighted by Crippen LogP contribution is -2.55. The molecule has 0 radical (unpaired) electrons. The minimum Gasteiger partial charge on any atom is -0.396 e. The fraction of sp³-hybridized carbons (Fsp3) is 1.00. The maximum atomic E-state index is 8.78. The van der Waals surface area contributed by atoms with Crippen LogP contribution in [-0.2, 0) is 0 Å². The van der Waals surface area contributed by atoms with Gasteiger partial charge in [0.25, 0.3) is 0 Å². The molecule has 0 aromatic heterocycles. The van der Waals surface area contributed by atoms with Gasteiger partial charge >= 0.3 is 0 Å². The first kappa shape index (κ1) is 9.96. The van der Waals surface area contributed by atoms with Crippen molar-refractivity contribution in [1.82, 2.24) is 10.2 Å². The smallest absolute Gasteiger partial charge is 0.0446 e. The first-order valence-electron chi connectivity index (χ1n) is 4.86. The van der Waals surface area contributed by atoms with Gasteiger partial charge in [-0.2, -0.15) is 0 Å². The summed E-state index contributed by atoms with van der Waals surface area (Å²) in [6, 6.07) is 1.14. The average Bonchev–Trinajstić information content (AvgIpc) is 2.09. The van der Waals surface area contributed by atoms with Gasteiger partial charge in [-0.05, 0) is 19.9 Å². The van der Waals surface area contributed by atoms with E-state index in [-0.39, 0.29) is 0 Å². The summed E-state index contributed by atoms with van der Waals surface area (Å²) in [7, 11) is 0. The lowest BCUT2D eigenvalue weighted by Gasteiger charge is -2.38. The molecule has 2 unspecified atom stereocenters. The minimum absolute atomic E-state index is 0.295. The van der Waals surface area contributed by atoms with E-state index < -0.39 is 0 Å². The van der Waals surface area contributed by atoms with Crippen LogP contribution in [0.15, 0.2) is 0 Å². The fourth-order valence-corrected chi connectivity index (χ4v) is 1.78. The lowest BCUT2D eigenvalue weighted by atomic mass is 10.1. The molecule has 0 amide bonds. The first-order valence-corrected chi connectivity index (χ1v) is 4.86. The van der Waals surface area contributed by atoms with Gasteiger partial charge in [-0.1, -0.05) is 6.92 Å². The molecule has 2 N–H and O–H groups in total. The molecule has 12 heavy (non-hydrogen) atoms. The number of rotatable bonds is 3. The van der Waals surface area contributed by atoms with E-state index in [1.807, 2.05) is 0 Å². The van der Waals surface area contributed by atoms with Crippen LogP contribution in [0.2, 0.25) is 0 Å². The molecule has 0 bridgehead atoms. The third kappa shape index (κ3) is 2.44. The molecule has 0 spiro atoms. The topological polar surface area (TPSA) is 35.5 Å². The van der Waals surface area contributed by atoms with Crippen LogP contribution in [0.5, 0.6) is 0 Å². The van der Waals surface area contributed by atoms with E-state index >= 15 is 0 Å². The highest BCUT2D eigenvalue weighted by atomic mass is 16.3. The molecule has 1 aliphatic heterocycles. The summed E-state index contributed by atoms with van der Waals surface area (Å²) in [5.41, 5.74) is 0. The predicted octanol–water partition coefficient (Wildman–Crippen LogP) is 0.0510. The molecule has 1 saturated heterocycles. The summed E-state index contributed by atoms with van der Waals surface area (Å²) in [6.45, 7) is 7.98. The van der Waals surface area contributed by atoms with Crippen molar-refractivity contribution >= 4 is 0 Å². The minimum atomic E-state index is 0.295. The van der Waals surface area contributed by atoms with Crippen LogP contribution in [-0.4, -0.2) is 48.3 Å². The van der Waals surface area contributed by atoms with Crippen molar-refractivity contribution in [3.63, 3.8) is 0 Å². The molecular formula is C9H20N2O. The van der Waals surface area contributed by atoms with E-state index in [9.17, 15) is 0 Å². The Morgan fingerprint density at radius 1 is 1.58 bits per heavy atom. The van der Waals surface area contributed by atoms with E-state index in [0.29, 0.717) is 18.7 Å². The molecule has 0 saturated carbocycles. The van der Waals surface area contributed by atoms with E-state index in [4.69, 9.17) is 5.11 Å². The molecule has 1 rings (SSSR count). The predicted molar refractivity (Wildman–Crippen MR) is 50.2 cm³/mol. The van der Waals surface area contributed by atoms with Crippen LogP contribution in [0.4, 0.5) is 0 Å². The van der Waals surface area contributed by atoms with Crippen molar-refractivity contribution < 1.29 is 5.11 Å². The molecular weight excluding hydrogens is 152 g/mol. The van der Waals surface area contributed by atoms with Crippen LogP contribution in [0.1, 0.15) is 20.3 Å². The summed E-state index contributed by atoms with van der Waals surface area (Å²) in [6.07, 6.45) is 0.878. The van der Waals surface area contributed by atoms with Gasteiger partial charge in [0.15, 0.2) is 0 Å². The van der Waals surface area contributed by atoms with E-state index in [1.54, 1.807) is 0 Å². The number of nitrogens with zero attached hydrogens (tertiary/aromatic N) is 1. The monoisotopic (exact) mass is 172 g/mol. The van der Waals surface area contributed by atoms with Gasteiger partial charge in [0.1, 0.15) is 0 Å². The van der Waals surface area contributed by atoms with Crippen LogP contribution in [0.3, 0.4) is 0 Å². The number of hydrogen-bond donors (Lipinski definition) is 2. The normalized spacial score (nSPS) is 32.2. The van der Waals surface area contributed by atoms with E-state index in [1.165, 1.54) is 0 Å². The zero-order valence-electron chi connectivity index (χ0n) is 8.08. The van der Waals surface area contributed by atoms with Crippen molar-refractivity contribution in [3.05, 3.63) is 0 Å². The zero-order chi connectivity index (χ0) is 8.97. The maximum absolute atomic E-state index is 8.78. The number of aliphatic hydroxyl groups excluding tert-OH is 1. The molecule has 1 heterocycles. The quantitative estimate of drug-likeness (QED) is 0.631. The van der Waals surface area contributed by atoms with Gasteiger partial charge < -0.3 is 10.4 Å². The zero-order valence-corrected chi connectivity index (χ0v) is 8.08. The summed E-state index contributed by atoms with van der Waals surface area (Å²) >= 11 is 0. The molecule has 0 aromatic rings. The summed E-state index contributed by atoms with van der Waals surface area (Å²) in [5.74, 6) is 0. The van der Waals surface area contributed by atoms with Gasteiger partial charge in [-0.15, -0.1) is 0 Å². The molecule has 0 aliphatic carbocycles. The third-order valence-electron chi connectivity index (χ3n) is 2.66. The van der Waals surface area contributed by atoms with Crippen LogP contribution in [0.25, 0.3) is 0 Å². The Labute approximate surface area is 74.8 Å². The Balaban J connectivity index is 2.33. The van der Waals surface area contributed by atoms with Crippen molar-refractivity contribution in [3.8, 4) is 0 Å². The van der Waals surface area contributed by atoms with Crippen molar-refractivity contribution in [2.75, 3.05) is 26.2 Å². The summed E-state index contributed by atoms with van der Waals surface area (Å²) < 4.78 is 0. The molecule has 72 valence electrons. The standard InChI is InChI=1S/C9H20N2O/c1-3-11-7-9(4-5-12)10-6-8(11)2/h8-10,12H,3-7H2,1-2H3. The highest BCUT2D eigenvalue weighted by Crippen LogP contribution is 2.07. The van der Waals surface area contributed by atoms with Gasteiger partial charge in [-0.3, -0.25) is 4.90 Å². The van der Waals surface area contributed by atoms with Gasteiger partial charge in [0.05, 0.1) is 0 Å². The fourth-order valence-electron chi connectivity index (χ4n) is 1.78. The molecule has 0 aromatic carbocycles. The largest absolute Gasteiger partial charge is 0.396 e. The molecule has 1 aliphatic rings. The first-order chi connectivity index (χ1) is 5.77. The van der Waals surface area contributed by atoms with Crippen molar-refractivity contribution in [2.24, 2.45) is 0 Å². The highest BCUT2D eigenvalue weighted by molar-refractivity contribution is 4.82. The van der Waals surface area contributed by atoms with Crippen LogP contribution in [0, 0.1) is 0 Å². The lowest BCUT2D eigenvalue weighted by molar-refractivity contribution is 0.132.